The summed E-state index contributed by atoms with van der Waals surface area (Å²) in [4.78, 5) is 24.0. The minimum absolute atomic E-state index is 0.107. The van der Waals surface area contributed by atoms with Crippen LogP contribution in [0.2, 0.25) is 0 Å². The molecule has 3 aromatic rings. The number of carbonyl (C=O) groups is 2. The Morgan fingerprint density at radius 1 is 1.14 bits per heavy atom. The molecule has 0 spiro atoms. The number of thioether (sulfide) groups is 1. The number of aromatic nitrogens is 2. The van der Waals surface area contributed by atoms with Crippen molar-refractivity contribution in [1.29, 1.82) is 0 Å². The number of rotatable bonds is 8. The Morgan fingerprint density at radius 2 is 1.93 bits per heavy atom. The molecular weight excluding hydrogens is 390 g/mol. The van der Waals surface area contributed by atoms with E-state index in [1.54, 1.807) is 31.2 Å². The molecule has 0 aliphatic heterocycles. The molecule has 0 radical (unpaired) electrons. The largest absolute Gasteiger partial charge is 0.462 e. The molecule has 0 bridgehead atoms. The number of ether oxygens (including phenoxy) is 1. The monoisotopic (exact) mass is 411 g/mol. The van der Waals surface area contributed by atoms with Gasteiger partial charge in [0.1, 0.15) is 0 Å². The van der Waals surface area contributed by atoms with E-state index in [1.165, 1.54) is 5.56 Å². The summed E-state index contributed by atoms with van der Waals surface area (Å²) in [5.74, 6) is -0.0615. The van der Waals surface area contributed by atoms with Gasteiger partial charge in [-0.25, -0.2) is 4.79 Å². The Morgan fingerprint density at radius 3 is 2.69 bits per heavy atom. The van der Waals surface area contributed by atoms with Gasteiger partial charge in [0.05, 0.1) is 24.3 Å². The van der Waals surface area contributed by atoms with Gasteiger partial charge in [0, 0.05) is 5.69 Å². The fraction of sp³-hybridized carbons (Fsp3) is 0.238. The van der Waals surface area contributed by atoms with E-state index in [0.717, 1.165) is 17.3 Å². The number of aryl methyl sites for hydroxylation is 1. The molecule has 0 unspecified atom stereocenters. The van der Waals surface area contributed by atoms with Crippen molar-refractivity contribution in [1.82, 2.24) is 10.2 Å². The van der Waals surface area contributed by atoms with Crippen molar-refractivity contribution in [2.45, 2.75) is 25.5 Å². The van der Waals surface area contributed by atoms with Crippen LogP contribution in [0.3, 0.4) is 0 Å². The lowest BCUT2D eigenvalue weighted by atomic mass is 10.1. The van der Waals surface area contributed by atoms with Gasteiger partial charge in [-0.1, -0.05) is 47.7 Å². The first-order valence-corrected chi connectivity index (χ1v) is 10.1. The predicted molar refractivity (Wildman–Crippen MR) is 110 cm³/mol. The van der Waals surface area contributed by atoms with Gasteiger partial charge in [0.25, 0.3) is 5.22 Å². The zero-order valence-electron chi connectivity index (χ0n) is 16.2. The topological polar surface area (TPSA) is 94.3 Å². The number of hydrogen-bond donors (Lipinski definition) is 1. The summed E-state index contributed by atoms with van der Waals surface area (Å²) in [5, 5.41) is 11.1. The van der Waals surface area contributed by atoms with Crippen molar-refractivity contribution in [3.63, 3.8) is 0 Å². The summed E-state index contributed by atoms with van der Waals surface area (Å²) in [5.41, 5.74) is 3.17. The molecule has 0 saturated carbocycles. The van der Waals surface area contributed by atoms with Crippen LogP contribution >= 0.6 is 11.8 Å². The summed E-state index contributed by atoms with van der Waals surface area (Å²) in [7, 11) is 0. The Kier molecular flexibility index (Phi) is 7.02. The molecule has 0 aliphatic rings. The van der Waals surface area contributed by atoms with Gasteiger partial charge < -0.3 is 14.5 Å². The molecule has 0 saturated heterocycles. The van der Waals surface area contributed by atoms with Crippen molar-refractivity contribution in [2.24, 2.45) is 0 Å². The number of nitrogens with zero attached hydrogens (tertiary/aromatic N) is 2. The van der Waals surface area contributed by atoms with Crippen LogP contribution in [0, 0.1) is 6.92 Å². The molecule has 1 N–H and O–H groups in total. The van der Waals surface area contributed by atoms with E-state index in [2.05, 4.69) is 15.5 Å². The van der Waals surface area contributed by atoms with Crippen LogP contribution in [-0.2, 0) is 16.0 Å². The maximum Gasteiger partial charge on any atom is 0.338 e. The molecule has 1 amide bonds. The number of amides is 1. The molecule has 1 aromatic heterocycles. The van der Waals surface area contributed by atoms with E-state index < -0.39 is 5.97 Å². The Labute approximate surface area is 172 Å². The quantitative estimate of drug-likeness (QED) is 0.444. The van der Waals surface area contributed by atoms with Crippen molar-refractivity contribution in [2.75, 3.05) is 17.7 Å². The van der Waals surface area contributed by atoms with Crippen LogP contribution in [0.25, 0.3) is 0 Å². The number of hydrogen-bond acceptors (Lipinski definition) is 7. The molecule has 3 rings (SSSR count). The first-order valence-electron chi connectivity index (χ1n) is 9.11. The molecule has 29 heavy (non-hydrogen) atoms. The van der Waals surface area contributed by atoms with Gasteiger partial charge in [-0.15, -0.1) is 10.2 Å². The Hall–Kier alpha value is -3.13. The lowest BCUT2D eigenvalue weighted by molar-refractivity contribution is -0.113. The summed E-state index contributed by atoms with van der Waals surface area (Å²) in [6, 6.07) is 14.7. The molecule has 7 nitrogen and oxygen atoms in total. The molecule has 8 heteroatoms. The predicted octanol–water partition coefficient (Wildman–Crippen LogP) is 3.88. The van der Waals surface area contributed by atoms with Crippen molar-refractivity contribution in [3.05, 3.63) is 71.1 Å². The van der Waals surface area contributed by atoms with Crippen LogP contribution in [0.15, 0.2) is 58.2 Å². The number of benzene rings is 2. The van der Waals surface area contributed by atoms with Crippen molar-refractivity contribution in [3.8, 4) is 0 Å². The molecular formula is C21H21N3O4S. The summed E-state index contributed by atoms with van der Waals surface area (Å²) >= 11 is 1.16. The zero-order valence-corrected chi connectivity index (χ0v) is 17.0. The van der Waals surface area contributed by atoms with E-state index in [9.17, 15) is 9.59 Å². The van der Waals surface area contributed by atoms with Crippen LogP contribution in [-0.4, -0.2) is 34.4 Å². The third-order valence-corrected chi connectivity index (χ3v) is 4.73. The van der Waals surface area contributed by atoms with E-state index in [4.69, 9.17) is 9.15 Å². The van der Waals surface area contributed by atoms with E-state index in [-0.39, 0.29) is 11.7 Å². The van der Waals surface area contributed by atoms with Crippen LogP contribution in [0.4, 0.5) is 5.69 Å². The number of carbonyl (C=O) groups excluding carboxylic acids is 2. The zero-order chi connectivity index (χ0) is 20.6. The van der Waals surface area contributed by atoms with E-state index in [0.29, 0.717) is 35.4 Å². The summed E-state index contributed by atoms with van der Waals surface area (Å²) < 4.78 is 10.6. The number of nitrogens with one attached hydrogen (secondary N) is 1. The lowest BCUT2D eigenvalue weighted by Gasteiger charge is -2.06. The Bertz CT molecular complexity index is 986. The molecule has 0 aliphatic carbocycles. The summed E-state index contributed by atoms with van der Waals surface area (Å²) in [6.07, 6.45) is 0.542. The van der Waals surface area contributed by atoms with Crippen LogP contribution < -0.4 is 5.32 Å². The highest BCUT2D eigenvalue weighted by Crippen LogP contribution is 2.19. The van der Waals surface area contributed by atoms with Crippen molar-refractivity contribution < 1.29 is 18.7 Å². The van der Waals surface area contributed by atoms with Gasteiger partial charge in [0.2, 0.25) is 11.8 Å². The molecule has 0 fully saturated rings. The second kappa shape index (κ2) is 9.88. The smallest absolute Gasteiger partial charge is 0.338 e. The normalized spacial score (nSPS) is 10.6. The second-order valence-electron chi connectivity index (χ2n) is 6.26. The van der Waals surface area contributed by atoms with Gasteiger partial charge in [-0.3, -0.25) is 4.79 Å². The average Bonchev–Trinajstić information content (AvgIpc) is 3.16. The maximum atomic E-state index is 12.2. The van der Waals surface area contributed by atoms with Gasteiger partial charge in [-0.05, 0) is 37.6 Å². The van der Waals surface area contributed by atoms with Gasteiger partial charge in [-0.2, -0.15) is 0 Å². The lowest BCUT2D eigenvalue weighted by Crippen LogP contribution is -2.14. The minimum Gasteiger partial charge on any atom is -0.462 e. The third kappa shape index (κ3) is 6.18. The van der Waals surface area contributed by atoms with E-state index >= 15 is 0 Å². The highest BCUT2D eigenvalue weighted by Gasteiger charge is 2.12. The highest BCUT2D eigenvalue weighted by molar-refractivity contribution is 7.99. The van der Waals surface area contributed by atoms with E-state index in [1.807, 2.05) is 31.2 Å². The average molecular weight is 411 g/mol. The molecule has 2 aromatic carbocycles. The Balaban J connectivity index is 1.51. The standard InChI is InChI=1S/C21H21N3O4S/c1-3-27-20(26)16-5-4-6-17(12-16)22-18(25)13-29-21-24-23-19(28-21)11-15-9-7-14(2)8-10-15/h4-10,12H,3,11,13H2,1-2H3,(H,22,25). The SMILES string of the molecule is CCOC(=O)c1cccc(NC(=O)CSc2nnc(Cc3ccc(C)cc3)o2)c1. The van der Waals surface area contributed by atoms with Crippen LogP contribution in [0.1, 0.15) is 34.3 Å². The highest BCUT2D eigenvalue weighted by atomic mass is 32.2. The second-order valence-corrected chi connectivity index (χ2v) is 7.19. The number of esters is 1. The molecule has 150 valence electrons. The fourth-order valence-corrected chi connectivity index (χ4v) is 3.09. The third-order valence-electron chi connectivity index (χ3n) is 3.91. The minimum atomic E-state index is -0.426. The summed E-state index contributed by atoms with van der Waals surface area (Å²) in [6.45, 7) is 4.07. The fourth-order valence-electron chi connectivity index (χ4n) is 2.51. The number of anilines is 1. The molecule has 0 atom stereocenters. The van der Waals surface area contributed by atoms with Gasteiger partial charge >= 0.3 is 5.97 Å². The van der Waals surface area contributed by atoms with Crippen molar-refractivity contribution >= 4 is 29.3 Å². The molecule has 1 heterocycles. The first kappa shape index (κ1) is 20.6. The van der Waals surface area contributed by atoms with Crippen LogP contribution in [0.5, 0.6) is 0 Å². The first-order chi connectivity index (χ1) is 14.0. The maximum absolute atomic E-state index is 12.2. The van der Waals surface area contributed by atoms with Gasteiger partial charge in [0.15, 0.2) is 0 Å².